The maximum atomic E-state index is 12.2. The SMILES string of the molecule is O/N=C(/c1ccc(I)cc1)C(F)(F)F. The molecule has 0 saturated heterocycles. The molecule has 0 fully saturated rings. The Balaban J connectivity index is 3.10. The number of halogens is 4. The van der Waals surface area contributed by atoms with Crippen molar-refractivity contribution in [2.45, 2.75) is 6.18 Å². The molecular formula is C8H5F3INO. The van der Waals surface area contributed by atoms with Gasteiger partial charge in [-0.1, -0.05) is 17.3 Å². The molecule has 1 rings (SSSR count). The molecule has 0 bridgehead atoms. The predicted octanol–water partition coefficient (Wildman–Crippen LogP) is 3.03. The zero-order chi connectivity index (χ0) is 10.8. The average Bonchev–Trinajstić information content (AvgIpc) is 2.07. The maximum Gasteiger partial charge on any atom is 0.437 e. The van der Waals surface area contributed by atoms with Crippen molar-refractivity contribution in [3.8, 4) is 0 Å². The molecule has 0 aromatic heterocycles. The summed E-state index contributed by atoms with van der Waals surface area (Å²) in [4.78, 5) is 0. The maximum absolute atomic E-state index is 12.2. The molecule has 0 aliphatic rings. The number of nitrogens with zero attached hydrogens (tertiary/aromatic N) is 1. The molecule has 1 N–H and O–H groups in total. The van der Waals surface area contributed by atoms with Gasteiger partial charge in [0.2, 0.25) is 0 Å². The van der Waals surface area contributed by atoms with Gasteiger partial charge in [-0.15, -0.1) is 0 Å². The molecule has 1 aromatic rings. The van der Waals surface area contributed by atoms with E-state index in [1.807, 2.05) is 22.6 Å². The smallest absolute Gasteiger partial charge is 0.410 e. The lowest BCUT2D eigenvalue weighted by atomic mass is 10.1. The fourth-order valence-corrected chi connectivity index (χ4v) is 1.25. The van der Waals surface area contributed by atoms with Crippen LogP contribution in [0.15, 0.2) is 29.4 Å². The van der Waals surface area contributed by atoms with Crippen LogP contribution in [0.1, 0.15) is 5.56 Å². The number of oxime groups is 1. The minimum Gasteiger partial charge on any atom is -0.410 e. The van der Waals surface area contributed by atoms with Crippen LogP contribution in [0.25, 0.3) is 0 Å². The first-order chi connectivity index (χ1) is 6.45. The van der Waals surface area contributed by atoms with Gasteiger partial charge in [-0.05, 0) is 34.7 Å². The third-order valence-corrected chi connectivity index (χ3v) is 2.21. The quantitative estimate of drug-likeness (QED) is 0.367. The first kappa shape index (κ1) is 11.3. The highest BCUT2D eigenvalue weighted by atomic mass is 127. The van der Waals surface area contributed by atoms with E-state index < -0.39 is 11.9 Å². The van der Waals surface area contributed by atoms with Gasteiger partial charge in [0.25, 0.3) is 0 Å². The fourth-order valence-electron chi connectivity index (χ4n) is 0.886. The van der Waals surface area contributed by atoms with Gasteiger partial charge in [0.1, 0.15) is 0 Å². The predicted molar refractivity (Wildman–Crippen MR) is 53.5 cm³/mol. The van der Waals surface area contributed by atoms with Crippen LogP contribution in [0.5, 0.6) is 0 Å². The minimum atomic E-state index is -4.64. The molecular weight excluding hydrogens is 310 g/mol. The van der Waals surface area contributed by atoms with Crippen LogP contribution in [0.3, 0.4) is 0 Å². The summed E-state index contributed by atoms with van der Waals surface area (Å²) in [6.07, 6.45) is -4.64. The summed E-state index contributed by atoms with van der Waals surface area (Å²) in [5.74, 6) is 0. The second kappa shape index (κ2) is 4.16. The largest absolute Gasteiger partial charge is 0.437 e. The number of hydrogen-bond acceptors (Lipinski definition) is 2. The van der Waals surface area contributed by atoms with Crippen molar-refractivity contribution < 1.29 is 18.4 Å². The van der Waals surface area contributed by atoms with Crippen molar-refractivity contribution in [3.63, 3.8) is 0 Å². The normalized spacial score (nSPS) is 13.0. The summed E-state index contributed by atoms with van der Waals surface area (Å²) in [5.41, 5.74) is -1.44. The van der Waals surface area contributed by atoms with Crippen LogP contribution >= 0.6 is 22.6 Å². The van der Waals surface area contributed by atoms with Gasteiger partial charge in [-0.3, -0.25) is 0 Å². The van der Waals surface area contributed by atoms with E-state index in [1.165, 1.54) is 24.3 Å². The zero-order valence-corrected chi connectivity index (χ0v) is 8.87. The molecule has 14 heavy (non-hydrogen) atoms. The van der Waals surface area contributed by atoms with Crippen LogP contribution in [-0.2, 0) is 0 Å². The number of benzene rings is 1. The molecule has 76 valence electrons. The summed E-state index contributed by atoms with van der Waals surface area (Å²) in [7, 11) is 0. The minimum absolute atomic E-state index is 0.152. The lowest BCUT2D eigenvalue weighted by Gasteiger charge is -2.08. The topological polar surface area (TPSA) is 32.6 Å². The number of alkyl halides is 3. The van der Waals surface area contributed by atoms with E-state index in [0.717, 1.165) is 3.57 Å². The lowest BCUT2D eigenvalue weighted by Crippen LogP contribution is -2.23. The summed E-state index contributed by atoms with van der Waals surface area (Å²) in [5, 5.41) is 10.5. The van der Waals surface area contributed by atoms with Crippen LogP contribution in [0.2, 0.25) is 0 Å². The lowest BCUT2D eigenvalue weighted by molar-refractivity contribution is -0.0601. The van der Waals surface area contributed by atoms with Gasteiger partial charge in [0, 0.05) is 9.13 Å². The monoisotopic (exact) mass is 315 g/mol. The summed E-state index contributed by atoms with van der Waals surface area (Å²) >= 11 is 1.97. The van der Waals surface area contributed by atoms with Gasteiger partial charge in [0.15, 0.2) is 5.71 Å². The first-order valence-corrected chi connectivity index (χ1v) is 4.58. The van der Waals surface area contributed by atoms with Gasteiger partial charge in [0.05, 0.1) is 0 Å². The van der Waals surface area contributed by atoms with E-state index >= 15 is 0 Å². The van der Waals surface area contributed by atoms with E-state index in [4.69, 9.17) is 5.21 Å². The molecule has 0 saturated carbocycles. The molecule has 0 aliphatic heterocycles. The molecule has 0 spiro atoms. The Morgan fingerprint density at radius 3 is 2.07 bits per heavy atom. The molecule has 0 radical (unpaired) electrons. The van der Waals surface area contributed by atoms with E-state index in [0.29, 0.717) is 0 Å². The standard InChI is InChI=1S/C8H5F3INO/c9-8(10,11)7(13-14)5-1-3-6(12)4-2-5/h1-4,14H/b13-7-. The molecule has 0 heterocycles. The molecule has 0 aliphatic carbocycles. The first-order valence-electron chi connectivity index (χ1n) is 3.50. The summed E-state index contributed by atoms with van der Waals surface area (Å²) in [6.45, 7) is 0. The highest BCUT2D eigenvalue weighted by Gasteiger charge is 2.37. The highest BCUT2D eigenvalue weighted by molar-refractivity contribution is 14.1. The van der Waals surface area contributed by atoms with E-state index in [9.17, 15) is 13.2 Å². The van der Waals surface area contributed by atoms with E-state index in [-0.39, 0.29) is 5.56 Å². The van der Waals surface area contributed by atoms with Crippen LogP contribution in [0, 0.1) is 3.57 Å². The molecule has 0 unspecified atom stereocenters. The number of hydrogen-bond donors (Lipinski definition) is 1. The Labute approximate surface area is 91.6 Å². The molecule has 6 heteroatoms. The second-order valence-corrected chi connectivity index (χ2v) is 3.70. The third kappa shape index (κ3) is 2.60. The van der Waals surface area contributed by atoms with Gasteiger partial charge in [-0.2, -0.15) is 13.2 Å². The van der Waals surface area contributed by atoms with Crippen LogP contribution < -0.4 is 0 Å². The van der Waals surface area contributed by atoms with Crippen molar-refractivity contribution in [2.24, 2.45) is 5.16 Å². The Morgan fingerprint density at radius 1 is 1.21 bits per heavy atom. The molecule has 0 atom stereocenters. The zero-order valence-electron chi connectivity index (χ0n) is 6.72. The summed E-state index contributed by atoms with van der Waals surface area (Å²) in [6, 6.07) is 5.52. The Morgan fingerprint density at radius 2 is 1.71 bits per heavy atom. The van der Waals surface area contributed by atoms with Gasteiger partial charge >= 0.3 is 6.18 Å². The fraction of sp³-hybridized carbons (Fsp3) is 0.125. The van der Waals surface area contributed by atoms with Crippen molar-refractivity contribution in [2.75, 3.05) is 0 Å². The average molecular weight is 315 g/mol. The summed E-state index contributed by atoms with van der Waals surface area (Å²) < 4.78 is 37.5. The van der Waals surface area contributed by atoms with E-state index in [2.05, 4.69) is 5.16 Å². The van der Waals surface area contributed by atoms with Crippen molar-refractivity contribution in [3.05, 3.63) is 33.4 Å². The van der Waals surface area contributed by atoms with Crippen LogP contribution in [-0.4, -0.2) is 17.1 Å². The van der Waals surface area contributed by atoms with E-state index in [1.54, 1.807) is 0 Å². The van der Waals surface area contributed by atoms with Gasteiger partial charge < -0.3 is 5.21 Å². The van der Waals surface area contributed by atoms with Crippen molar-refractivity contribution in [1.82, 2.24) is 0 Å². The molecule has 0 amide bonds. The second-order valence-electron chi connectivity index (χ2n) is 2.45. The third-order valence-electron chi connectivity index (χ3n) is 1.49. The van der Waals surface area contributed by atoms with Crippen molar-refractivity contribution >= 4 is 28.3 Å². The molecule has 2 nitrogen and oxygen atoms in total. The Hall–Kier alpha value is -0.790. The Kier molecular flexibility index (Phi) is 3.35. The molecule has 1 aromatic carbocycles. The number of rotatable bonds is 1. The van der Waals surface area contributed by atoms with Crippen LogP contribution in [0.4, 0.5) is 13.2 Å². The highest BCUT2D eigenvalue weighted by Crippen LogP contribution is 2.22. The van der Waals surface area contributed by atoms with Crippen molar-refractivity contribution in [1.29, 1.82) is 0 Å². The van der Waals surface area contributed by atoms with Gasteiger partial charge in [-0.25, -0.2) is 0 Å². The Bertz CT molecular complexity index is 345.